The van der Waals surface area contributed by atoms with Crippen molar-refractivity contribution in [3.05, 3.63) is 106 Å². The number of nitrogens with zero attached hydrogens (tertiary/aromatic N) is 1. The molecule has 0 fully saturated rings. The van der Waals surface area contributed by atoms with Crippen LogP contribution >= 0.6 is 11.8 Å². The van der Waals surface area contributed by atoms with Crippen molar-refractivity contribution in [1.29, 1.82) is 0 Å². The van der Waals surface area contributed by atoms with Gasteiger partial charge < -0.3 is 0 Å². The number of aryl methyl sites for hydroxylation is 1. The highest BCUT2D eigenvalue weighted by atomic mass is 32.2. The molecule has 162 valence electrons. The number of carbonyl (C=O) groups is 1. The van der Waals surface area contributed by atoms with Crippen molar-refractivity contribution in [2.75, 3.05) is 0 Å². The Bertz CT molecular complexity index is 1330. The molecular formula is C26H23NO3S2. The Hall–Kier alpha value is -2.96. The molecule has 6 heteroatoms. The van der Waals surface area contributed by atoms with Crippen molar-refractivity contribution in [3.8, 4) is 0 Å². The third-order valence-corrected chi connectivity index (χ3v) is 7.59. The monoisotopic (exact) mass is 461 g/mol. The molecule has 1 aliphatic carbocycles. The van der Waals surface area contributed by atoms with Crippen LogP contribution in [0.25, 0.3) is 0 Å². The van der Waals surface area contributed by atoms with Crippen molar-refractivity contribution in [2.24, 2.45) is 4.40 Å². The van der Waals surface area contributed by atoms with E-state index in [4.69, 9.17) is 0 Å². The fraction of sp³-hybridized carbons (Fsp3) is 0.154. The molecule has 0 aliphatic heterocycles. The normalized spacial score (nSPS) is 15.1. The molecule has 0 amide bonds. The first-order valence-corrected chi connectivity index (χ1v) is 12.6. The second-order valence-electron chi connectivity index (χ2n) is 7.97. The molecule has 0 spiro atoms. The maximum Gasteiger partial charge on any atom is 0.282 e. The van der Waals surface area contributed by atoms with Gasteiger partial charge in [-0.25, -0.2) is 0 Å². The van der Waals surface area contributed by atoms with Gasteiger partial charge in [-0.15, -0.1) is 0 Å². The number of sulfonamides is 1. The summed E-state index contributed by atoms with van der Waals surface area (Å²) in [5.41, 5.74) is 3.42. The molecule has 32 heavy (non-hydrogen) atoms. The zero-order valence-electron chi connectivity index (χ0n) is 18.1. The van der Waals surface area contributed by atoms with Gasteiger partial charge in [0.15, 0.2) is 5.78 Å². The molecule has 3 aromatic rings. The number of benzene rings is 3. The van der Waals surface area contributed by atoms with Crippen LogP contribution in [-0.4, -0.2) is 19.9 Å². The van der Waals surface area contributed by atoms with Gasteiger partial charge in [0, 0.05) is 16.0 Å². The molecule has 0 atom stereocenters. The summed E-state index contributed by atoms with van der Waals surface area (Å²) in [7, 11) is -3.94. The lowest BCUT2D eigenvalue weighted by atomic mass is 9.94. The van der Waals surface area contributed by atoms with Gasteiger partial charge in [-0.2, -0.15) is 12.8 Å². The van der Waals surface area contributed by atoms with E-state index >= 15 is 0 Å². The lowest BCUT2D eigenvalue weighted by molar-refractivity contribution is 0.104. The van der Waals surface area contributed by atoms with Crippen LogP contribution in [0.15, 0.2) is 98.0 Å². The van der Waals surface area contributed by atoms with Crippen LogP contribution in [0.3, 0.4) is 0 Å². The van der Waals surface area contributed by atoms with Gasteiger partial charge in [-0.3, -0.25) is 4.79 Å². The Morgan fingerprint density at radius 3 is 2.09 bits per heavy atom. The molecule has 1 aliphatic rings. The van der Waals surface area contributed by atoms with Crippen LogP contribution in [0.5, 0.6) is 0 Å². The van der Waals surface area contributed by atoms with Gasteiger partial charge in [0.25, 0.3) is 10.0 Å². The van der Waals surface area contributed by atoms with Crippen LogP contribution in [0.1, 0.15) is 46.8 Å². The van der Waals surface area contributed by atoms with Crippen molar-refractivity contribution in [3.63, 3.8) is 0 Å². The molecule has 0 saturated carbocycles. The molecule has 3 aromatic carbocycles. The topological polar surface area (TPSA) is 63.6 Å². The minimum atomic E-state index is -3.94. The SMILES string of the molecule is Cc1ccc(SC2=C/C(=N/S(=O)(=O)c3ccc(C(C)C)cc3)c3ccccc3C2=O)cc1. The number of rotatable bonds is 5. The van der Waals surface area contributed by atoms with Crippen LogP contribution < -0.4 is 0 Å². The Balaban J connectivity index is 1.77. The Morgan fingerprint density at radius 1 is 0.844 bits per heavy atom. The molecule has 4 rings (SSSR count). The van der Waals surface area contributed by atoms with E-state index in [1.54, 1.807) is 42.5 Å². The van der Waals surface area contributed by atoms with Crippen molar-refractivity contribution >= 4 is 33.3 Å². The fourth-order valence-corrected chi connectivity index (χ4v) is 5.29. The average molecular weight is 462 g/mol. The van der Waals surface area contributed by atoms with Gasteiger partial charge >= 0.3 is 0 Å². The summed E-state index contributed by atoms with van der Waals surface area (Å²) in [4.78, 5) is 14.6. The first kappa shape index (κ1) is 22.2. The molecule has 0 radical (unpaired) electrons. The van der Waals surface area contributed by atoms with Crippen molar-refractivity contribution in [2.45, 2.75) is 36.5 Å². The summed E-state index contributed by atoms with van der Waals surface area (Å²) in [5.74, 6) is 0.169. The minimum absolute atomic E-state index is 0.130. The molecular weight excluding hydrogens is 438 g/mol. The van der Waals surface area contributed by atoms with Crippen LogP contribution in [0.4, 0.5) is 0 Å². The number of hydrogen-bond acceptors (Lipinski definition) is 4. The van der Waals surface area contributed by atoms with Crippen LogP contribution in [0, 0.1) is 6.92 Å². The summed E-state index contributed by atoms with van der Waals surface area (Å²) in [5, 5.41) is 0. The molecule has 0 bridgehead atoms. The summed E-state index contributed by atoms with van der Waals surface area (Å²) in [6.07, 6.45) is 1.58. The van der Waals surface area contributed by atoms with E-state index in [1.807, 2.05) is 43.3 Å². The predicted octanol–water partition coefficient (Wildman–Crippen LogP) is 6.17. The number of fused-ring (bicyclic) bond motifs is 1. The third-order valence-electron chi connectivity index (χ3n) is 5.25. The maximum absolute atomic E-state index is 13.1. The largest absolute Gasteiger partial charge is 0.288 e. The number of carbonyl (C=O) groups excluding carboxylic acids is 1. The number of thioether (sulfide) groups is 1. The Kier molecular flexibility index (Phi) is 6.17. The summed E-state index contributed by atoms with van der Waals surface area (Å²) < 4.78 is 30.3. The minimum Gasteiger partial charge on any atom is -0.288 e. The highest BCUT2D eigenvalue weighted by Crippen LogP contribution is 2.34. The smallest absolute Gasteiger partial charge is 0.282 e. The molecule has 4 nitrogen and oxygen atoms in total. The highest BCUT2D eigenvalue weighted by Gasteiger charge is 2.26. The van der Waals surface area contributed by atoms with Gasteiger partial charge in [-0.1, -0.05) is 79.7 Å². The summed E-state index contributed by atoms with van der Waals surface area (Å²) >= 11 is 1.31. The van der Waals surface area contributed by atoms with Crippen molar-refractivity contribution in [1.82, 2.24) is 0 Å². The second kappa shape index (κ2) is 8.88. The van der Waals surface area contributed by atoms with E-state index in [0.29, 0.717) is 21.9 Å². The molecule has 0 N–H and O–H groups in total. The highest BCUT2D eigenvalue weighted by molar-refractivity contribution is 8.04. The van der Waals surface area contributed by atoms with E-state index in [1.165, 1.54) is 11.8 Å². The van der Waals surface area contributed by atoms with E-state index in [-0.39, 0.29) is 16.4 Å². The van der Waals surface area contributed by atoms with Gasteiger partial charge in [0.2, 0.25) is 0 Å². The first-order chi connectivity index (χ1) is 15.2. The summed E-state index contributed by atoms with van der Waals surface area (Å²) in [6.45, 7) is 6.11. The quantitative estimate of drug-likeness (QED) is 0.456. The number of allylic oxidation sites excluding steroid dienone is 2. The van der Waals surface area contributed by atoms with E-state index in [0.717, 1.165) is 16.0 Å². The lowest BCUT2D eigenvalue weighted by Gasteiger charge is -2.17. The first-order valence-electron chi connectivity index (χ1n) is 10.3. The zero-order valence-corrected chi connectivity index (χ0v) is 19.7. The maximum atomic E-state index is 13.1. The lowest BCUT2D eigenvalue weighted by Crippen LogP contribution is -2.17. The Morgan fingerprint density at radius 2 is 1.47 bits per heavy atom. The van der Waals surface area contributed by atoms with Gasteiger partial charge in [-0.05, 0) is 48.7 Å². The van der Waals surface area contributed by atoms with Crippen molar-refractivity contribution < 1.29 is 13.2 Å². The zero-order chi connectivity index (χ0) is 22.9. The Labute approximate surface area is 193 Å². The van der Waals surface area contributed by atoms with Crippen LogP contribution in [-0.2, 0) is 10.0 Å². The van der Waals surface area contributed by atoms with E-state index in [9.17, 15) is 13.2 Å². The van der Waals surface area contributed by atoms with Crippen LogP contribution in [0.2, 0.25) is 0 Å². The average Bonchev–Trinajstić information content (AvgIpc) is 2.78. The van der Waals surface area contributed by atoms with E-state index in [2.05, 4.69) is 18.2 Å². The van der Waals surface area contributed by atoms with Gasteiger partial charge in [0.1, 0.15) is 0 Å². The molecule has 0 unspecified atom stereocenters. The molecule has 0 aromatic heterocycles. The third kappa shape index (κ3) is 4.61. The van der Waals surface area contributed by atoms with Gasteiger partial charge in [0.05, 0.1) is 15.5 Å². The standard InChI is InChI=1S/C26H23NO3S2/c1-17(2)19-10-14-21(15-11-19)32(29,30)27-24-16-25(31-20-12-8-18(3)9-13-20)26(28)23-7-5-4-6-22(23)24/h4-17H,1-3H3/b27-24-. The number of ketones is 1. The second-order valence-corrected chi connectivity index (χ2v) is 10.7. The summed E-state index contributed by atoms with van der Waals surface area (Å²) in [6, 6.07) is 21.6. The molecule has 0 heterocycles. The molecule has 0 saturated heterocycles. The van der Waals surface area contributed by atoms with E-state index < -0.39 is 10.0 Å². The number of hydrogen-bond donors (Lipinski definition) is 0. The fourth-order valence-electron chi connectivity index (χ4n) is 3.40. The predicted molar refractivity (Wildman–Crippen MR) is 130 cm³/mol. The number of Topliss-reactive ketones (excluding diaryl/α,β-unsaturated/α-hetero) is 1.